The maximum Gasteiger partial charge on any atom is 0.246 e. The van der Waals surface area contributed by atoms with E-state index in [1.807, 2.05) is 53.4 Å². The number of carbonyl (C=O) groups excluding carboxylic acids is 2. The number of carbonyl (C=O) groups is 2. The van der Waals surface area contributed by atoms with Crippen LogP contribution < -0.4 is 5.32 Å². The molecule has 1 saturated heterocycles. The number of amides is 2. The van der Waals surface area contributed by atoms with Gasteiger partial charge in [0.2, 0.25) is 11.8 Å². The predicted octanol–water partition coefficient (Wildman–Crippen LogP) is 2.57. The van der Waals surface area contributed by atoms with Gasteiger partial charge >= 0.3 is 0 Å². The zero-order valence-electron chi connectivity index (χ0n) is 14.2. The third-order valence-electron chi connectivity index (χ3n) is 4.33. The van der Waals surface area contributed by atoms with Crippen molar-refractivity contribution in [2.24, 2.45) is 11.3 Å². The van der Waals surface area contributed by atoms with Crippen LogP contribution in [0.25, 0.3) is 0 Å². The van der Waals surface area contributed by atoms with Crippen LogP contribution in [0, 0.1) is 11.3 Å². The molecule has 0 radical (unpaired) electrons. The highest BCUT2D eigenvalue weighted by molar-refractivity contribution is 5.98. The smallest absolute Gasteiger partial charge is 0.246 e. The Labute approximate surface area is 123 Å². The van der Waals surface area contributed by atoms with Gasteiger partial charge in [-0.15, -0.1) is 0 Å². The third kappa shape index (κ3) is 2.99. The van der Waals surface area contributed by atoms with Gasteiger partial charge in [-0.2, -0.15) is 0 Å². The highest BCUT2D eigenvalue weighted by Crippen LogP contribution is 2.33. The Morgan fingerprint density at radius 3 is 2.00 bits per heavy atom. The van der Waals surface area contributed by atoms with Crippen LogP contribution in [-0.4, -0.2) is 34.3 Å². The van der Waals surface area contributed by atoms with Gasteiger partial charge in [0, 0.05) is 5.54 Å². The van der Waals surface area contributed by atoms with Gasteiger partial charge in [-0.25, -0.2) is 0 Å². The summed E-state index contributed by atoms with van der Waals surface area (Å²) in [4.78, 5) is 27.3. The quantitative estimate of drug-likeness (QED) is 0.865. The van der Waals surface area contributed by atoms with Crippen molar-refractivity contribution in [2.75, 3.05) is 0 Å². The van der Waals surface area contributed by atoms with Gasteiger partial charge in [0.1, 0.15) is 12.1 Å². The lowest BCUT2D eigenvalue weighted by Gasteiger charge is -2.51. The second kappa shape index (κ2) is 5.38. The highest BCUT2D eigenvalue weighted by atomic mass is 16.2. The van der Waals surface area contributed by atoms with Crippen molar-refractivity contribution in [1.82, 2.24) is 10.2 Å². The molecule has 1 heterocycles. The number of rotatable bonds is 3. The fourth-order valence-electron chi connectivity index (χ4n) is 2.72. The van der Waals surface area contributed by atoms with E-state index in [9.17, 15) is 9.59 Å². The molecule has 1 rings (SSSR count). The van der Waals surface area contributed by atoms with E-state index in [2.05, 4.69) is 12.2 Å². The standard InChI is InChI=1S/C16H30N2O2/c1-9-16(7,8)18-11(10(2)3)13(19)17-12(14(18)20)15(4,5)6/h10-12H,9H2,1-8H3,(H,17,19). The summed E-state index contributed by atoms with van der Waals surface area (Å²) in [6.07, 6.45) is 0.825. The van der Waals surface area contributed by atoms with Crippen molar-refractivity contribution in [2.45, 2.75) is 79.4 Å². The van der Waals surface area contributed by atoms with Crippen molar-refractivity contribution in [3.05, 3.63) is 0 Å². The van der Waals surface area contributed by atoms with Crippen LogP contribution in [0.1, 0.15) is 61.8 Å². The van der Waals surface area contributed by atoms with Crippen LogP contribution in [0.4, 0.5) is 0 Å². The van der Waals surface area contributed by atoms with Gasteiger partial charge < -0.3 is 10.2 Å². The van der Waals surface area contributed by atoms with Crippen LogP contribution in [0.3, 0.4) is 0 Å². The number of nitrogens with one attached hydrogen (secondary N) is 1. The van der Waals surface area contributed by atoms with E-state index >= 15 is 0 Å². The fraction of sp³-hybridized carbons (Fsp3) is 0.875. The molecule has 4 heteroatoms. The molecule has 0 spiro atoms. The van der Waals surface area contributed by atoms with Crippen molar-refractivity contribution in [3.8, 4) is 0 Å². The molecule has 1 N–H and O–H groups in total. The minimum atomic E-state index is -0.448. The molecule has 2 amide bonds. The van der Waals surface area contributed by atoms with Crippen molar-refractivity contribution in [1.29, 1.82) is 0 Å². The summed E-state index contributed by atoms with van der Waals surface area (Å²) < 4.78 is 0. The van der Waals surface area contributed by atoms with E-state index in [1.54, 1.807) is 0 Å². The molecule has 0 aromatic carbocycles. The van der Waals surface area contributed by atoms with Crippen LogP contribution in [0.15, 0.2) is 0 Å². The van der Waals surface area contributed by atoms with Gasteiger partial charge in [0.25, 0.3) is 0 Å². The van der Waals surface area contributed by atoms with E-state index in [0.29, 0.717) is 0 Å². The predicted molar refractivity (Wildman–Crippen MR) is 81.2 cm³/mol. The number of hydrogen-bond acceptors (Lipinski definition) is 2. The second-order valence-electron chi connectivity index (χ2n) is 7.87. The summed E-state index contributed by atoms with van der Waals surface area (Å²) in [6.45, 7) is 16.1. The van der Waals surface area contributed by atoms with E-state index in [4.69, 9.17) is 0 Å². The molecule has 20 heavy (non-hydrogen) atoms. The van der Waals surface area contributed by atoms with Crippen LogP contribution in [-0.2, 0) is 9.59 Å². The maximum absolute atomic E-state index is 12.9. The average molecular weight is 282 g/mol. The maximum atomic E-state index is 12.9. The first kappa shape index (κ1) is 17.0. The molecule has 0 aromatic rings. The molecule has 0 bridgehead atoms. The Hall–Kier alpha value is -1.06. The van der Waals surface area contributed by atoms with Crippen molar-refractivity contribution >= 4 is 11.8 Å². The average Bonchev–Trinajstić information content (AvgIpc) is 2.28. The lowest BCUT2D eigenvalue weighted by molar-refractivity contribution is -0.161. The highest BCUT2D eigenvalue weighted by Gasteiger charge is 2.50. The number of hydrogen-bond donors (Lipinski definition) is 1. The zero-order chi connectivity index (χ0) is 15.9. The van der Waals surface area contributed by atoms with Gasteiger partial charge in [-0.1, -0.05) is 41.5 Å². The number of piperazine rings is 1. The molecule has 0 aromatic heterocycles. The Morgan fingerprint density at radius 1 is 1.15 bits per heavy atom. The second-order valence-corrected chi connectivity index (χ2v) is 7.87. The summed E-state index contributed by atoms with van der Waals surface area (Å²) in [5.74, 6) is 0.120. The zero-order valence-corrected chi connectivity index (χ0v) is 14.2. The molecular weight excluding hydrogens is 252 g/mol. The van der Waals surface area contributed by atoms with Gasteiger partial charge in [0.05, 0.1) is 0 Å². The van der Waals surface area contributed by atoms with Gasteiger partial charge in [-0.3, -0.25) is 9.59 Å². The molecule has 1 aliphatic heterocycles. The first-order valence-electron chi connectivity index (χ1n) is 7.57. The lowest BCUT2D eigenvalue weighted by atomic mass is 9.80. The largest absolute Gasteiger partial charge is 0.342 e. The topological polar surface area (TPSA) is 49.4 Å². The molecule has 2 unspecified atom stereocenters. The van der Waals surface area contributed by atoms with Crippen molar-refractivity contribution in [3.63, 3.8) is 0 Å². The SMILES string of the molecule is CCC(C)(C)N1C(=O)C(C(C)(C)C)NC(=O)C1C(C)C. The molecule has 116 valence electrons. The molecule has 2 atom stereocenters. The van der Waals surface area contributed by atoms with Crippen LogP contribution in [0.2, 0.25) is 0 Å². The van der Waals surface area contributed by atoms with Crippen LogP contribution >= 0.6 is 0 Å². The minimum Gasteiger partial charge on any atom is -0.342 e. The summed E-state index contributed by atoms with van der Waals surface area (Å²) in [5, 5.41) is 2.93. The van der Waals surface area contributed by atoms with Gasteiger partial charge in [-0.05, 0) is 31.6 Å². The molecule has 1 fully saturated rings. The first-order chi connectivity index (χ1) is 8.93. The first-order valence-corrected chi connectivity index (χ1v) is 7.57. The summed E-state index contributed by atoms with van der Waals surface area (Å²) >= 11 is 0. The molecule has 1 aliphatic rings. The Bertz CT molecular complexity index is 394. The Morgan fingerprint density at radius 2 is 1.65 bits per heavy atom. The third-order valence-corrected chi connectivity index (χ3v) is 4.33. The minimum absolute atomic E-state index is 0.0268. The monoisotopic (exact) mass is 282 g/mol. The van der Waals surface area contributed by atoms with E-state index < -0.39 is 6.04 Å². The number of nitrogens with zero attached hydrogens (tertiary/aromatic N) is 1. The summed E-state index contributed by atoms with van der Waals surface area (Å²) in [6, 6.07) is -0.827. The van der Waals surface area contributed by atoms with Crippen molar-refractivity contribution < 1.29 is 9.59 Å². The van der Waals surface area contributed by atoms with Crippen LogP contribution in [0.5, 0.6) is 0 Å². The molecule has 0 aliphatic carbocycles. The Kier molecular flexibility index (Phi) is 4.57. The van der Waals surface area contributed by atoms with E-state index in [-0.39, 0.29) is 34.7 Å². The van der Waals surface area contributed by atoms with Gasteiger partial charge in [0.15, 0.2) is 0 Å². The summed E-state index contributed by atoms with van der Waals surface area (Å²) in [7, 11) is 0. The molecule has 4 nitrogen and oxygen atoms in total. The fourth-order valence-corrected chi connectivity index (χ4v) is 2.72. The molecular formula is C16H30N2O2. The molecule has 0 saturated carbocycles. The lowest BCUT2D eigenvalue weighted by Crippen LogP contribution is -2.71. The van der Waals surface area contributed by atoms with E-state index in [1.165, 1.54) is 0 Å². The Balaban J connectivity index is 3.29. The summed E-state index contributed by atoms with van der Waals surface area (Å²) in [5.41, 5.74) is -0.593. The normalized spacial score (nSPS) is 25.1. The van der Waals surface area contributed by atoms with E-state index in [0.717, 1.165) is 6.42 Å².